The van der Waals surface area contributed by atoms with Gasteiger partial charge in [0.1, 0.15) is 17.1 Å². The third-order valence-corrected chi connectivity index (χ3v) is 9.91. The Hall–Kier alpha value is -4.90. The van der Waals surface area contributed by atoms with E-state index in [-0.39, 0.29) is 23.8 Å². The first-order chi connectivity index (χ1) is 21.8. The molecule has 11 heteroatoms. The molecule has 2 aliphatic carbocycles. The highest BCUT2D eigenvalue weighted by atomic mass is 16.5. The van der Waals surface area contributed by atoms with E-state index >= 15 is 0 Å². The van der Waals surface area contributed by atoms with E-state index in [1.807, 2.05) is 36.2 Å². The molecule has 11 nitrogen and oxygen atoms in total. The first kappa shape index (κ1) is 27.6. The van der Waals surface area contributed by atoms with Crippen molar-refractivity contribution in [2.24, 2.45) is 24.6 Å². The molecule has 3 fully saturated rings. The molecular weight excluding hydrogens is 570 g/mol. The number of aryl methyl sites for hydroxylation is 1. The Labute approximate surface area is 259 Å². The zero-order valence-electron chi connectivity index (χ0n) is 25.2. The summed E-state index contributed by atoms with van der Waals surface area (Å²) < 4.78 is 10.3. The highest BCUT2D eigenvalue weighted by molar-refractivity contribution is 6.01. The van der Waals surface area contributed by atoms with Gasteiger partial charge in [-0.1, -0.05) is 18.2 Å². The zero-order valence-corrected chi connectivity index (χ0v) is 25.2. The van der Waals surface area contributed by atoms with Crippen molar-refractivity contribution < 1.29 is 19.4 Å². The number of benzene rings is 2. The Balaban J connectivity index is 1.24. The number of likely N-dealkylation sites (tertiary alicyclic amines) is 1. The number of amides is 2. The standard InChI is InChI=1S/C34H35N7O4/c1-39-31-24(12-22(14-27(31)45-2)33(42)41-17-21-8-10-25(41)29(21)35)37-32(39)26-13-19-4-3-5-23(30(19)40(26)16-18-6-7-18)20-9-11-28(36-15-20)38-34(43)44/h3-5,9,11-15,18,21,25,29H,6-8,10,16-17,35H2,1-2H3,(H,36,38)(H,43,44)/t21-,25-,29-/m1/s1. The monoisotopic (exact) mass is 605 g/mol. The summed E-state index contributed by atoms with van der Waals surface area (Å²) in [5.41, 5.74) is 12.5. The average Bonchev–Trinajstić information content (AvgIpc) is 3.42. The number of nitrogens with two attached hydrogens (primary N) is 1. The second-order valence-electron chi connectivity index (χ2n) is 12.7. The van der Waals surface area contributed by atoms with Crippen LogP contribution in [0, 0.1) is 11.8 Å². The summed E-state index contributed by atoms with van der Waals surface area (Å²) >= 11 is 0. The summed E-state index contributed by atoms with van der Waals surface area (Å²) in [7, 11) is 3.62. The normalized spacial score (nSPS) is 20.8. The maximum atomic E-state index is 13.7. The number of rotatable bonds is 7. The molecule has 0 unspecified atom stereocenters. The van der Waals surface area contributed by atoms with Crippen LogP contribution in [-0.2, 0) is 13.6 Å². The second-order valence-corrected chi connectivity index (χ2v) is 12.7. The molecule has 1 saturated heterocycles. The fourth-order valence-electron chi connectivity index (χ4n) is 7.49. The number of aromatic nitrogens is 4. The summed E-state index contributed by atoms with van der Waals surface area (Å²) in [6.07, 6.45) is 4.96. The Kier molecular flexibility index (Phi) is 6.35. The van der Waals surface area contributed by atoms with Gasteiger partial charge in [-0.25, -0.2) is 14.8 Å². The molecule has 1 aliphatic heterocycles. The molecule has 230 valence electrons. The lowest BCUT2D eigenvalue weighted by molar-refractivity contribution is 0.0700. The molecule has 8 rings (SSSR count). The van der Waals surface area contributed by atoms with Crippen molar-refractivity contribution in [1.82, 2.24) is 24.0 Å². The predicted octanol–water partition coefficient (Wildman–Crippen LogP) is 5.33. The van der Waals surface area contributed by atoms with Gasteiger partial charge in [0.15, 0.2) is 5.82 Å². The van der Waals surface area contributed by atoms with Crippen molar-refractivity contribution in [3.63, 3.8) is 0 Å². The first-order valence-corrected chi connectivity index (χ1v) is 15.5. The topological polar surface area (TPSA) is 141 Å². The van der Waals surface area contributed by atoms with Crippen LogP contribution in [-0.4, -0.2) is 66.8 Å². The summed E-state index contributed by atoms with van der Waals surface area (Å²) in [4.78, 5) is 36.2. The van der Waals surface area contributed by atoms with E-state index in [2.05, 4.69) is 37.6 Å². The number of imidazole rings is 1. The van der Waals surface area contributed by atoms with Crippen LogP contribution in [0.3, 0.4) is 0 Å². The van der Waals surface area contributed by atoms with Gasteiger partial charge in [0.05, 0.1) is 23.8 Å². The number of fused-ring (bicyclic) bond motifs is 4. The van der Waals surface area contributed by atoms with E-state index in [4.69, 9.17) is 20.6 Å². The SMILES string of the molecule is COc1cc(C(=O)N2C[C@H]3CC[C@@H]2[C@@H]3N)cc2nc(-c3cc4cccc(-c5ccc(NC(=O)O)nc5)c4n3CC3CC3)n(C)c12. The highest BCUT2D eigenvalue weighted by Gasteiger charge is 2.47. The molecule has 0 radical (unpaired) electrons. The van der Waals surface area contributed by atoms with Crippen LogP contribution in [0.15, 0.2) is 54.7 Å². The second kappa shape index (κ2) is 10.3. The van der Waals surface area contributed by atoms with Crippen molar-refractivity contribution in [1.29, 1.82) is 0 Å². The van der Waals surface area contributed by atoms with Crippen molar-refractivity contribution in [3.8, 4) is 28.4 Å². The molecule has 2 aromatic carbocycles. The largest absolute Gasteiger partial charge is 0.494 e. The van der Waals surface area contributed by atoms with E-state index in [1.165, 1.54) is 12.8 Å². The van der Waals surface area contributed by atoms with Gasteiger partial charge in [-0.2, -0.15) is 0 Å². The lowest BCUT2D eigenvalue weighted by Crippen LogP contribution is -2.41. The lowest BCUT2D eigenvalue weighted by atomic mass is 10.0. The van der Waals surface area contributed by atoms with Gasteiger partial charge in [0, 0.05) is 60.5 Å². The smallest absolute Gasteiger partial charge is 0.410 e. The molecule has 2 bridgehead atoms. The molecule has 5 aromatic rings. The molecule has 45 heavy (non-hydrogen) atoms. The predicted molar refractivity (Wildman–Crippen MR) is 171 cm³/mol. The summed E-state index contributed by atoms with van der Waals surface area (Å²) in [6.45, 7) is 1.56. The first-order valence-electron chi connectivity index (χ1n) is 15.5. The lowest BCUT2D eigenvalue weighted by Gasteiger charge is -2.27. The van der Waals surface area contributed by atoms with E-state index < -0.39 is 6.09 Å². The number of methoxy groups -OCH3 is 1. The van der Waals surface area contributed by atoms with Gasteiger partial charge in [0.25, 0.3) is 5.91 Å². The van der Waals surface area contributed by atoms with Crippen molar-refractivity contribution in [2.45, 2.75) is 44.3 Å². The van der Waals surface area contributed by atoms with E-state index in [0.29, 0.717) is 35.2 Å². The number of pyridine rings is 1. The maximum absolute atomic E-state index is 13.7. The highest BCUT2D eigenvalue weighted by Crippen LogP contribution is 2.41. The number of para-hydroxylation sites is 1. The van der Waals surface area contributed by atoms with Gasteiger partial charge in [-0.05, 0) is 67.9 Å². The number of carboxylic acid groups (broad SMARTS) is 1. The van der Waals surface area contributed by atoms with Crippen LogP contribution in [0.25, 0.3) is 44.6 Å². The molecule has 3 aromatic heterocycles. The minimum atomic E-state index is -1.15. The number of hydrogen-bond donors (Lipinski definition) is 3. The van der Waals surface area contributed by atoms with E-state index in [0.717, 1.165) is 58.5 Å². The van der Waals surface area contributed by atoms with Gasteiger partial charge >= 0.3 is 6.09 Å². The van der Waals surface area contributed by atoms with Crippen LogP contribution in [0.2, 0.25) is 0 Å². The average molecular weight is 606 g/mol. The molecule has 2 amide bonds. The Morgan fingerprint density at radius 2 is 1.93 bits per heavy atom. The fourth-order valence-corrected chi connectivity index (χ4v) is 7.49. The maximum Gasteiger partial charge on any atom is 0.410 e. The van der Waals surface area contributed by atoms with E-state index in [9.17, 15) is 9.59 Å². The number of nitrogens with zero attached hydrogens (tertiary/aromatic N) is 5. The van der Waals surface area contributed by atoms with Gasteiger partial charge in [-0.3, -0.25) is 10.1 Å². The molecule has 4 heterocycles. The number of hydrogen-bond acceptors (Lipinski definition) is 6. The molecule has 2 saturated carbocycles. The van der Waals surface area contributed by atoms with Gasteiger partial charge in [0.2, 0.25) is 0 Å². The number of ether oxygens (including phenoxy) is 1. The number of carbonyl (C=O) groups excluding carboxylic acids is 1. The van der Waals surface area contributed by atoms with Crippen LogP contribution in [0.1, 0.15) is 36.0 Å². The molecule has 3 atom stereocenters. The number of anilines is 1. The third kappa shape index (κ3) is 4.52. The molecule has 3 aliphatic rings. The van der Waals surface area contributed by atoms with Gasteiger partial charge in [-0.15, -0.1) is 0 Å². The van der Waals surface area contributed by atoms with E-state index in [1.54, 1.807) is 19.4 Å². The Morgan fingerprint density at radius 3 is 2.60 bits per heavy atom. The van der Waals surface area contributed by atoms with Crippen LogP contribution >= 0.6 is 0 Å². The molecule has 4 N–H and O–H groups in total. The Bertz CT molecular complexity index is 1990. The number of carbonyl (C=O) groups is 2. The quantitative estimate of drug-likeness (QED) is 0.228. The molecular formula is C34H35N7O4. The minimum Gasteiger partial charge on any atom is -0.494 e. The van der Waals surface area contributed by atoms with Crippen molar-refractivity contribution >= 4 is 39.8 Å². The van der Waals surface area contributed by atoms with Crippen molar-refractivity contribution in [2.75, 3.05) is 19.0 Å². The van der Waals surface area contributed by atoms with Crippen LogP contribution < -0.4 is 15.8 Å². The zero-order chi connectivity index (χ0) is 31.0. The number of nitrogens with one attached hydrogen (secondary N) is 1. The molecule has 0 spiro atoms. The van der Waals surface area contributed by atoms with Crippen LogP contribution in [0.4, 0.5) is 10.6 Å². The Morgan fingerprint density at radius 1 is 1.09 bits per heavy atom. The third-order valence-electron chi connectivity index (χ3n) is 9.91. The van der Waals surface area contributed by atoms with Gasteiger partial charge < -0.3 is 29.6 Å². The van der Waals surface area contributed by atoms with Crippen molar-refractivity contribution in [3.05, 3.63) is 60.3 Å². The van der Waals surface area contributed by atoms with Crippen LogP contribution in [0.5, 0.6) is 5.75 Å². The summed E-state index contributed by atoms with van der Waals surface area (Å²) in [5, 5.41) is 12.5. The summed E-state index contributed by atoms with van der Waals surface area (Å²) in [5.74, 6) is 2.62. The minimum absolute atomic E-state index is 0.0178. The fraction of sp³-hybridized carbons (Fsp3) is 0.353. The summed E-state index contributed by atoms with van der Waals surface area (Å²) in [6, 6.07) is 15.8. The number of piperidine rings is 1.